The highest BCUT2D eigenvalue weighted by Gasteiger charge is 2.18. The quantitative estimate of drug-likeness (QED) is 0.419. The molecule has 2 aromatic heterocycles. The van der Waals surface area contributed by atoms with Crippen LogP contribution in [0.25, 0.3) is 16.2 Å². The smallest absolute Gasteiger partial charge is 0.230 e. The third-order valence-corrected chi connectivity index (χ3v) is 6.21. The van der Waals surface area contributed by atoms with Gasteiger partial charge in [-0.1, -0.05) is 42.1 Å². The summed E-state index contributed by atoms with van der Waals surface area (Å²) in [4.78, 5) is 13.1. The standard InChI is InChI=1S/C21H20N4O3S2/c1-27-15-8-9-18(28-2)16(10-15)17-12-29-20-23-24-21(25(17)20)30-13-19(26)22-11-14-6-4-3-5-7-14/h3-10,12H,11,13H2,1-2H3,(H,22,26). The lowest BCUT2D eigenvalue weighted by molar-refractivity contribution is -0.118. The molecule has 0 aliphatic carbocycles. The maximum atomic E-state index is 12.3. The molecule has 30 heavy (non-hydrogen) atoms. The number of thioether (sulfide) groups is 1. The molecule has 1 N–H and O–H groups in total. The Morgan fingerprint density at radius 2 is 1.97 bits per heavy atom. The molecule has 0 saturated heterocycles. The Morgan fingerprint density at radius 1 is 1.13 bits per heavy atom. The molecule has 0 unspecified atom stereocenters. The van der Waals surface area contributed by atoms with E-state index in [0.717, 1.165) is 33.3 Å². The van der Waals surface area contributed by atoms with Crippen LogP contribution >= 0.6 is 23.1 Å². The van der Waals surface area contributed by atoms with E-state index in [1.165, 1.54) is 23.1 Å². The van der Waals surface area contributed by atoms with Crippen LogP contribution in [0.3, 0.4) is 0 Å². The molecule has 0 aliphatic rings. The number of hydrogen-bond donors (Lipinski definition) is 1. The summed E-state index contributed by atoms with van der Waals surface area (Å²) in [7, 11) is 3.26. The molecule has 4 rings (SSSR count). The van der Waals surface area contributed by atoms with E-state index in [-0.39, 0.29) is 11.7 Å². The van der Waals surface area contributed by atoms with Crippen molar-refractivity contribution in [3.05, 3.63) is 59.5 Å². The summed E-state index contributed by atoms with van der Waals surface area (Å²) in [5.41, 5.74) is 2.83. The van der Waals surface area contributed by atoms with Gasteiger partial charge in [0.1, 0.15) is 11.5 Å². The summed E-state index contributed by atoms with van der Waals surface area (Å²) < 4.78 is 12.8. The first-order valence-electron chi connectivity index (χ1n) is 9.18. The number of carbonyl (C=O) groups excluding carboxylic acids is 1. The fourth-order valence-corrected chi connectivity index (χ4v) is 4.63. The van der Waals surface area contributed by atoms with Crippen molar-refractivity contribution in [3.63, 3.8) is 0 Å². The zero-order valence-electron chi connectivity index (χ0n) is 16.5. The van der Waals surface area contributed by atoms with Crippen LogP contribution in [0.1, 0.15) is 5.56 Å². The lowest BCUT2D eigenvalue weighted by atomic mass is 10.1. The second-order valence-corrected chi connectivity index (χ2v) is 8.12. The monoisotopic (exact) mass is 440 g/mol. The van der Waals surface area contributed by atoms with E-state index in [1.807, 2.05) is 58.3 Å². The van der Waals surface area contributed by atoms with Gasteiger partial charge in [0, 0.05) is 17.5 Å². The summed E-state index contributed by atoms with van der Waals surface area (Å²) >= 11 is 2.83. The molecule has 154 valence electrons. The average Bonchev–Trinajstić information content (AvgIpc) is 3.39. The summed E-state index contributed by atoms with van der Waals surface area (Å²) in [6.45, 7) is 0.500. The second-order valence-electron chi connectivity index (χ2n) is 6.34. The Morgan fingerprint density at radius 3 is 2.73 bits per heavy atom. The van der Waals surface area contributed by atoms with Crippen LogP contribution in [0.5, 0.6) is 11.5 Å². The maximum Gasteiger partial charge on any atom is 0.230 e. The summed E-state index contributed by atoms with van der Waals surface area (Å²) in [6.07, 6.45) is 0. The van der Waals surface area contributed by atoms with Crippen molar-refractivity contribution in [2.45, 2.75) is 11.7 Å². The second kappa shape index (κ2) is 9.19. The summed E-state index contributed by atoms with van der Waals surface area (Å²) in [5.74, 6) is 1.64. The number of thiazole rings is 1. The number of nitrogens with one attached hydrogen (secondary N) is 1. The maximum absolute atomic E-state index is 12.3. The molecule has 7 nitrogen and oxygen atoms in total. The Hall–Kier alpha value is -3.04. The molecule has 0 fully saturated rings. The van der Waals surface area contributed by atoms with E-state index >= 15 is 0 Å². The highest BCUT2D eigenvalue weighted by Crippen LogP contribution is 2.37. The Balaban J connectivity index is 1.53. The number of ether oxygens (including phenoxy) is 2. The molecular formula is C21H20N4O3S2. The third-order valence-electron chi connectivity index (χ3n) is 4.47. The van der Waals surface area contributed by atoms with Crippen LogP contribution in [-0.2, 0) is 11.3 Å². The van der Waals surface area contributed by atoms with Crippen molar-refractivity contribution in [1.82, 2.24) is 19.9 Å². The molecule has 0 bridgehead atoms. The number of methoxy groups -OCH3 is 2. The van der Waals surface area contributed by atoms with Gasteiger partial charge in [-0.05, 0) is 23.8 Å². The van der Waals surface area contributed by atoms with Gasteiger partial charge in [0.15, 0.2) is 5.16 Å². The lowest BCUT2D eigenvalue weighted by Gasteiger charge is -2.10. The molecule has 0 aliphatic heterocycles. The van der Waals surface area contributed by atoms with Crippen LogP contribution in [0.4, 0.5) is 0 Å². The van der Waals surface area contributed by atoms with Crippen molar-refractivity contribution < 1.29 is 14.3 Å². The highest BCUT2D eigenvalue weighted by molar-refractivity contribution is 7.99. The molecule has 0 saturated carbocycles. The van der Waals surface area contributed by atoms with Gasteiger partial charge < -0.3 is 14.8 Å². The van der Waals surface area contributed by atoms with E-state index in [2.05, 4.69) is 15.5 Å². The fourth-order valence-electron chi connectivity index (χ4n) is 2.97. The number of carbonyl (C=O) groups is 1. The van der Waals surface area contributed by atoms with Crippen LogP contribution in [0, 0.1) is 0 Å². The van der Waals surface area contributed by atoms with Crippen molar-refractivity contribution in [1.29, 1.82) is 0 Å². The Bertz CT molecular complexity index is 1160. The number of amides is 1. The lowest BCUT2D eigenvalue weighted by Crippen LogP contribution is -2.24. The predicted molar refractivity (Wildman–Crippen MR) is 118 cm³/mol. The normalized spacial score (nSPS) is 10.9. The average molecular weight is 441 g/mol. The number of hydrogen-bond acceptors (Lipinski definition) is 7. The molecule has 1 amide bonds. The van der Waals surface area contributed by atoms with Gasteiger partial charge in [-0.15, -0.1) is 21.5 Å². The highest BCUT2D eigenvalue weighted by atomic mass is 32.2. The molecule has 2 aromatic carbocycles. The number of benzene rings is 2. The number of rotatable bonds is 8. The first kappa shape index (κ1) is 20.2. The molecule has 0 spiro atoms. The molecule has 0 radical (unpaired) electrons. The van der Waals surface area contributed by atoms with E-state index in [4.69, 9.17) is 9.47 Å². The largest absolute Gasteiger partial charge is 0.497 e. The van der Waals surface area contributed by atoms with Gasteiger partial charge in [-0.3, -0.25) is 9.20 Å². The number of fused-ring (bicyclic) bond motifs is 1. The number of nitrogens with zero attached hydrogens (tertiary/aromatic N) is 3. The summed E-state index contributed by atoms with van der Waals surface area (Å²) in [5, 5.41) is 14.1. The van der Waals surface area contributed by atoms with Gasteiger partial charge in [-0.25, -0.2) is 0 Å². The van der Waals surface area contributed by atoms with Gasteiger partial charge in [0.05, 0.1) is 25.7 Å². The first-order chi connectivity index (χ1) is 14.7. The van der Waals surface area contributed by atoms with Crippen LogP contribution < -0.4 is 14.8 Å². The zero-order chi connectivity index (χ0) is 20.9. The first-order valence-corrected chi connectivity index (χ1v) is 11.0. The van der Waals surface area contributed by atoms with Crippen molar-refractivity contribution in [2.24, 2.45) is 0 Å². The van der Waals surface area contributed by atoms with E-state index in [9.17, 15) is 4.79 Å². The van der Waals surface area contributed by atoms with Crippen molar-refractivity contribution >= 4 is 34.0 Å². The van der Waals surface area contributed by atoms with Crippen LogP contribution in [0.2, 0.25) is 0 Å². The summed E-state index contributed by atoms with van der Waals surface area (Å²) in [6, 6.07) is 15.5. The van der Waals surface area contributed by atoms with Crippen LogP contribution in [-0.4, -0.2) is 40.5 Å². The van der Waals surface area contributed by atoms with Gasteiger partial charge in [0.2, 0.25) is 10.9 Å². The zero-order valence-corrected chi connectivity index (χ0v) is 18.1. The topological polar surface area (TPSA) is 77.8 Å². The van der Waals surface area contributed by atoms with Gasteiger partial charge in [-0.2, -0.15) is 0 Å². The number of aromatic nitrogens is 3. The minimum Gasteiger partial charge on any atom is -0.497 e. The van der Waals surface area contributed by atoms with E-state index in [0.29, 0.717) is 11.7 Å². The van der Waals surface area contributed by atoms with Crippen molar-refractivity contribution in [2.75, 3.05) is 20.0 Å². The van der Waals surface area contributed by atoms with E-state index in [1.54, 1.807) is 14.2 Å². The minimum atomic E-state index is -0.0589. The molecule has 9 heteroatoms. The van der Waals surface area contributed by atoms with Gasteiger partial charge in [0.25, 0.3) is 0 Å². The Kier molecular flexibility index (Phi) is 6.20. The van der Waals surface area contributed by atoms with Crippen molar-refractivity contribution in [3.8, 4) is 22.8 Å². The molecular weight excluding hydrogens is 420 g/mol. The van der Waals surface area contributed by atoms with Crippen LogP contribution in [0.15, 0.2) is 59.1 Å². The fraction of sp³-hybridized carbons (Fsp3) is 0.190. The SMILES string of the molecule is COc1ccc(OC)c(-c2csc3nnc(SCC(=O)NCc4ccccc4)n23)c1. The van der Waals surface area contributed by atoms with E-state index < -0.39 is 0 Å². The van der Waals surface area contributed by atoms with Gasteiger partial charge >= 0.3 is 0 Å². The predicted octanol–water partition coefficient (Wildman–Crippen LogP) is 3.88. The third kappa shape index (κ3) is 4.27. The minimum absolute atomic E-state index is 0.0589. The molecule has 4 aromatic rings. The Labute approximate surface area is 182 Å². The molecule has 2 heterocycles. The molecule has 0 atom stereocenters.